The van der Waals surface area contributed by atoms with Gasteiger partial charge in [-0.1, -0.05) is 12.1 Å². The molecule has 0 spiro atoms. The Morgan fingerprint density at radius 3 is 2.92 bits per heavy atom. The second-order valence-electron chi connectivity index (χ2n) is 7.23. The molecule has 1 saturated heterocycles. The number of hydrogen-bond donors (Lipinski definition) is 1. The van der Waals surface area contributed by atoms with Crippen LogP contribution in [0, 0.1) is 5.92 Å². The van der Waals surface area contributed by atoms with Crippen molar-refractivity contribution in [2.24, 2.45) is 5.92 Å². The first kappa shape index (κ1) is 16.8. The van der Waals surface area contributed by atoms with Crippen LogP contribution in [0.3, 0.4) is 0 Å². The number of nitrogens with zero attached hydrogens (tertiary/aromatic N) is 2. The van der Waals surface area contributed by atoms with E-state index in [0.29, 0.717) is 6.54 Å². The van der Waals surface area contributed by atoms with Crippen LogP contribution in [0.5, 0.6) is 0 Å². The SMILES string of the molecule is CC(NC(=O)C1CC(=O)N(c2ccc3c(c2)CCC3)C1)c1cccnc1. The van der Waals surface area contributed by atoms with Gasteiger partial charge in [-0.05, 0) is 61.1 Å². The Bertz CT molecular complexity index is 834. The van der Waals surface area contributed by atoms with E-state index < -0.39 is 0 Å². The molecule has 1 fully saturated rings. The molecule has 2 heterocycles. The van der Waals surface area contributed by atoms with Gasteiger partial charge in [-0.2, -0.15) is 0 Å². The number of carbonyl (C=O) groups is 2. The predicted octanol–water partition coefficient (Wildman–Crippen LogP) is 2.80. The normalized spacial score (nSPS) is 20.1. The van der Waals surface area contributed by atoms with Gasteiger partial charge in [0.15, 0.2) is 0 Å². The second kappa shape index (κ2) is 6.90. The molecule has 1 aromatic heterocycles. The molecule has 1 aliphatic heterocycles. The monoisotopic (exact) mass is 349 g/mol. The van der Waals surface area contributed by atoms with Crippen molar-refractivity contribution in [3.63, 3.8) is 0 Å². The summed E-state index contributed by atoms with van der Waals surface area (Å²) in [5.74, 6) is -0.356. The third-order valence-electron chi connectivity index (χ3n) is 5.43. The molecule has 26 heavy (non-hydrogen) atoms. The van der Waals surface area contributed by atoms with Crippen molar-refractivity contribution in [1.82, 2.24) is 10.3 Å². The zero-order chi connectivity index (χ0) is 18.1. The van der Waals surface area contributed by atoms with Gasteiger partial charge in [0.1, 0.15) is 0 Å². The lowest BCUT2D eigenvalue weighted by molar-refractivity contribution is -0.126. The molecule has 1 N–H and O–H groups in total. The number of nitrogens with one attached hydrogen (secondary N) is 1. The minimum Gasteiger partial charge on any atom is -0.349 e. The maximum atomic E-state index is 12.6. The largest absolute Gasteiger partial charge is 0.349 e. The maximum Gasteiger partial charge on any atom is 0.227 e. The Morgan fingerprint density at radius 1 is 1.27 bits per heavy atom. The van der Waals surface area contributed by atoms with Gasteiger partial charge in [0.05, 0.1) is 12.0 Å². The highest BCUT2D eigenvalue weighted by molar-refractivity contribution is 6.00. The summed E-state index contributed by atoms with van der Waals surface area (Å²) < 4.78 is 0. The number of carbonyl (C=O) groups excluding carboxylic acids is 2. The van der Waals surface area contributed by atoms with Gasteiger partial charge in [-0.25, -0.2) is 0 Å². The fourth-order valence-corrected chi connectivity index (χ4v) is 3.91. The molecule has 1 aliphatic carbocycles. The molecule has 5 nitrogen and oxygen atoms in total. The molecule has 2 aliphatic rings. The van der Waals surface area contributed by atoms with Gasteiger partial charge < -0.3 is 10.2 Å². The van der Waals surface area contributed by atoms with E-state index in [4.69, 9.17) is 0 Å². The number of fused-ring (bicyclic) bond motifs is 1. The smallest absolute Gasteiger partial charge is 0.227 e. The average molecular weight is 349 g/mol. The lowest BCUT2D eigenvalue weighted by atomic mass is 10.1. The zero-order valence-electron chi connectivity index (χ0n) is 14.9. The average Bonchev–Trinajstić information content (AvgIpc) is 3.28. The minimum absolute atomic E-state index is 0.0251. The molecule has 2 aromatic rings. The molecular weight excluding hydrogens is 326 g/mol. The fourth-order valence-electron chi connectivity index (χ4n) is 3.91. The Kier molecular flexibility index (Phi) is 4.45. The number of aromatic nitrogens is 1. The van der Waals surface area contributed by atoms with Crippen molar-refractivity contribution in [1.29, 1.82) is 0 Å². The van der Waals surface area contributed by atoms with Crippen LogP contribution in [0.25, 0.3) is 0 Å². The molecule has 0 bridgehead atoms. The summed E-state index contributed by atoms with van der Waals surface area (Å²) in [6.45, 7) is 2.38. The van der Waals surface area contributed by atoms with Crippen molar-refractivity contribution in [3.05, 3.63) is 59.4 Å². The van der Waals surface area contributed by atoms with E-state index >= 15 is 0 Å². The highest BCUT2D eigenvalue weighted by Crippen LogP contribution is 2.30. The van der Waals surface area contributed by atoms with E-state index in [1.165, 1.54) is 17.5 Å². The van der Waals surface area contributed by atoms with Crippen LogP contribution in [0.15, 0.2) is 42.7 Å². The first-order valence-corrected chi connectivity index (χ1v) is 9.24. The minimum atomic E-state index is -0.310. The van der Waals surface area contributed by atoms with Crippen molar-refractivity contribution >= 4 is 17.5 Å². The van der Waals surface area contributed by atoms with Crippen LogP contribution in [0.2, 0.25) is 0 Å². The van der Waals surface area contributed by atoms with Crippen LogP contribution in [0.4, 0.5) is 5.69 Å². The standard InChI is InChI=1S/C21H23N3O2/c1-14(17-6-3-9-22-12-17)23-21(26)18-11-20(25)24(13-18)19-8-7-15-4-2-5-16(15)10-19/h3,6-10,12,14,18H,2,4-5,11,13H2,1H3,(H,23,26). The van der Waals surface area contributed by atoms with Gasteiger partial charge >= 0.3 is 0 Å². The van der Waals surface area contributed by atoms with E-state index in [9.17, 15) is 9.59 Å². The van der Waals surface area contributed by atoms with Crippen LogP contribution in [-0.4, -0.2) is 23.3 Å². The maximum absolute atomic E-state index is 12.6. The highest BCUT2D eigenvalue weighted by Gasteiger charge is 2.35. The van der Waals surface area contributed by atoms with Crippen molar-refractivity contribution in [2.75, 3.05) is 11.4 Å². The number of aryl methyl sites for hydroxylation is 2. The predicted molar refractivity (Wildman–Crippen MR) is 99.7 cm³/mol. The summed E-state index contributed by atoms with van der Waals surface area (Å²) in [5, 5.41) is 3.01. The molecule has 0 saturated carbocycles. The fraction of sp³-hybridized carbons (Fsp3) is 0.381. The number of hydrogen-bond acceptors (Lipinski definition) is 3. The van der Waals surface area contributed by atoms with Gasteiger partial charge in [-0.3, -0.25) is 14.6 Å². The van der Waals surface area contributed by atoms with E-state index in [0.717, 1.165) is 24.1 Å². The number of benzene rings is 1. The van der Waals surface area contributed by atoms with Crippen molar-refractivity contribution < 1.29 is 9.59 Å². The van der Waals surface area contributed by atoms with Gasteiger partial charge in [-0.15, -0.1) is 0 Å². The van der Waals surface area contributed by atoms with E-state index in [1.54, 1.807) is 17.3 Å². The number of amides is 2. The zero-order valence-corrected chi connectivity index (χ0v) is 14.9. The summed E-state index contributed by atoms with van der Waals surface area (Å²) in [7, 11) is 0. The van der Waals surface area contributed by atoms with Gasteiger partial charge in [0.2, 0.25) is 11.8 Å². The number of rotatable bonds is 4. The lowest BCUT2D eigenvalue weighted by Gasteiger charge is -2.19. The molecule has 0 radical (unpaired) electrons. The van der Waals surface area contributed by atoms with Crippen molar-refractivity contribution in [2.45, 2.75) is 38.6 Å². The molecule has 2 amide bonds. The number of pyridine rings is 1. The third-order valence-corrected chi connectivity index (χ3v) is 5.43. The summed E-state index contributed by atoms with van der Waals surface area (Å²) in [6, 6.07) is 9.93. The van der Waals surface area contributed by atoms with Crippen molar-refractivity contribution in [3.8, 4) is 0 Å². The van der Waals surface area contributed by atoms with Gasteiger partial charge in [0, 0.05) is 31.0 Å². The Hall–Kier alpha value is -2.69. The molecule has 4 rings (SSSR count). The summed E-state index contributed by atoms with van der Waals surface area (Å²) in [4.78, 5) is 31.0. The Labute approximate surface area is 153 Å². The topological polar surface area (TPSA) is 62.3 Å². The molecular formula is C21H23N3O2. The lowest BCUT2D eigenvalue weighted by Crippen LogP contribution is -2.34. The highest BCUT2D eigenvalue weighted by atomic mass is 16.2. The van der Waals surface area contributed by atoms with Crippen LogP contribution in [0.1, 0.15) is 42.5 Å². The summed E-state index contributed by atoms with van der Waals surface area (Å²) in [6.07, 6.45) is 7.12. The summed E-state index contributed by atoms with van der Waals surface area (Å²) >= 11 is 0. The van der Waals surface area contributed by atoms with Gasteiger partial charge in [0.25, 0.3) is 0 Å². The number of anilines is 1. The van der Waals surface area contributed by atoms with E-state index in [-0.39, 0.29) is 30.2 Å². The molecule has 5 heteroatoms. The van der Waals surface area contributed by atoms with Crippen LogP contribution >= 0.6 is 0 Å². The molecule has 1 aromatic carbocycles. The second-order valence-corrected chi connectivity index (χ2v) is 7.23. The molecule has 2 atom stereocenters. The van der Waals surface area contributed by atoms with E-state index in [1.807, 2.05) is 25.1 Å². The van der Waals surface area contributed by atoms with E-state index in [2.05, 4.69) is 22.4 Å². The Balaban J connectivity index is 1.43. The molecule has 2 unspecified atom stereocenters. The first-order valence-electron chi connectivity index (χ1n) is 9.24. The first-order chi connectivity index (χ1) is 12.6. The molecule has 134 valence electrons. The van der Waals surface area contributed by atoms with Crippen LogP contribution < -0.4 is 10.2 Å². The summed E-state index contributed by atoms with van der Waals surface area (Å²) in [5.41, 5.74) is 4.61. The quantitative estimate of drug-likeness (QED) is 0.923. The Morgan fingerprint density at radius 2 is 2.12 bits per heavy atom. The third kappa shape index (κ3) is 3.21. The van der Waals surface area contributed by atoms with Crippen LogP contribution in [-0.2, 0) is 22.4 Å².